The lowest BCUT2D eigenvalue weighted by Crippen LogP contribution is -2.01. The Morgan fingerprint density at radius 1 is 1.21 bits per heavy atom. The summed E-state index contributed by atoms with van der Waals surface area (Å²) in [5.41, 5.74) is 2.91. The molecule has 6 nitrogen and oxygen atoms in total. The lowest BCUT2D eigenvalue weighted by molar-refractivity contribution is -0.105. The zero-order valence-corrected chi connectivity index (χ0v) is 9.81. The van der Waals surface area contributed by atoms with Crippen molar-refractivity contribution in [1.82, 2.24) is 15.2 Å². The summed E-state index contributed by atoms with van der Waals surface area (Å²) in [4.78, 5) is 24.1. The Labute approximate surface area is 107 Å². The summed E-state index contributed by atoms with van der Waals surface area (Å²) in [7, 11) is 0. The van der Waals surface area contributed by atoms with Crippen LogP contribution in [0.5, 0.6) is 0 Å². The second-order valence-corrected chi connectivity index (χ2v) is 4.04. The number of carbonyl (C=O) groups is 1. The summed E-state index contributed by atoms with van der Waals surface area (Å²) < 4.78 is 0. The van der Waals surface area contributed by atoms with Crippen molar-refractivity contribution in [3.8, 4) is 11.3 Å². The van der Waals surface area contributed by atoms with E-state index in [1.165, 1.54) is 6.07 Å². The fourth-order valence-electron chi connectivity index (χ4n) is 1.95. The van der Waals surface area contributed by atoms with Gasteiger partial charge in [-0.2, -0.15) is 5.10 Å². The fraction of sp³-hybridized carbons (Fsp3) is 0. The van der Waals surface area contributed by atoms with Gasteiger partial charge in [-0.15, -0.1) is 0 Å². The molecule has 3 rings (SSSR count). The molecule has 0 spiro atoms. The number of nitrogens with one attached hydrogen (secondary N) is 3. The minimum atomic E-state index is -0.160. The van der Waals surface area contributed by atoms with Crippen LogP contribution in [0.4, 0.5) is 5.69 Å². The van der Waals surface area contributed by atoms with Crippen LogP contribution in [-0.2, 0) is 4.79 Å². The molecule has 0 aliphatic heterocycles. The summed E-state index contributed by atoms with van der Waals surface area (Å²) in [6, 6.07) is 8.60. The summed E-state index contributed by atoms with van der Waals surface area (Å²) in [6.45, 7) is 0. The van der Waals surface area contributed by atoms with E-state index in [-0.39, 0.29) is 5.56 Å². The first-order chi connectivity index (χ1) is 9.28. The molecule has 3 aromatic rings. The van der Waals surface area contributed by atoms with E-state index in [9.17, 15) is 9.59 Å². The van der Waals surface area contributed by atoms with Gasteiger partial charge in [0.1, 0.15) is 5.69 Å². The van der Waals surface area contributed by atoms with E-state index >= 15 is 0 Å². The van der Waals surface area contributed by atoms with Crippen molar-refractivity contribution in [3.63, 3.8) is 0 Å². The predicted octanol–water partition coefficient (Wildman–Crippen LogP) is 1.49. The number of aromatic amines is 2. The van der Waals surface area contributed by atoms with Crippen molar-refractivity contribution >= 4 is 23.0 Å². The third-order valence-corrected chi connectivity index (χ3v) is 2.85. The van der Waals surface area contributed by atoms with Crippen LogP contribution in [0.25, 0.3) is 22.2 Å². The number of hydrogen-bond donors (Lipinski definition) is 3. The number of fused-ring (bicyclic) bond motifs is 1. The molecular weight excluding hydrogens is 244 g/mol. The van der Waals surface area contributed by atoms with E-state index in [1.54, 1.807) is 18.3 Å². The molecule has 0 saturated carbocycles. The van der Waals surface area contributed by atoms with Gasteiger partial charge in [0, 0.05) is 28.9 Å². The van der Waals surface area contributed by atoms with Gasteiger partial charge in [0.05, 0.1) is 5.52 Å². The maximum Gasteiger partial charge on any atom is 0.247 e. The molecular formula is C13H10N4O2. The number of nitrogens with zero attached hydrogens (tertiary/aromatic N) is 1. The Morgan fingerprint density at radius 2 is 2.11 bits per heavy atom. The van der Waals surface area contributed by atoms with Gasteiger partial charge in [-0.05, 0) is 24.3 Å². The Morgan fingerprint density at radius 3 is 2.84 bits per heavy atom. The van der Waals surface area contributed by atoms with Crippen LogP contribution in [0, 0.1) is 0 Å². The van der Waals surface area contributed by atoms with Crippen molar-refractivity contribution in [2.75, 3.05) is 5.32 Å². The highest BCUT2D eigenvalue weighted by Crippen LogP contribution is 2.27. The Balaban J connectivity index is 2.17. The zero-order chi connectivity index (χ0) is 13.2. The zero-order valence-electron chi connectivity index (χ0n) is 9.81. The molecule has 0 bridgehead atoms. The topological polar surface area (TPSA) is 90.6 Å². The van der Waals surface area contributed by atoms with Gasteiger partial charge in [-0.3, -0.25) is 14.7 Å². The van der Waals surface area contributed by atoms with Crippen molar-refractivity contribution in [1.29, 1.82) is 0 Å². The maximum absolute atomic E-state index is 11.1. The Hall–Kier alpha value is -2.89. The lowest BCUT2D eigenvalue weighted by Gasteiger charge is -2.00. The van der Waals surface area contributed by atoms with Crippen LogP contribution in [0.3, 0.4) is 0 Å². The highest BCUT2D eigenvalue weighted by atomic mass is 16.1. The van der Waals surface area contributed by atoms with Crippen LogP contribution in [-0.4, -0.2) is 21.6 Å². The van der Waals surface area contributed by atoms with Crippen LogP contribution >= 0.6 is 0 Å². The van der Waals surface area contributed by atoms with Gasteiger partial charge in [0.25, 0.3) is 0 Å². The molecule has 0 aliphatic rings. The minimum Gasteiger partial charge on any atom is -0.329 e. The quantitative estimate of drug-likeness (QED) is 0.618. The standard InChI is InChI=1S/C13H10N4O2/c18-7-15-9-2-3-11-10(5-9)13(17-16-11)8-1-4-12(19)14-6-8/h1-7H,(H,14,19)(H,15,18)(H,16,17). The highest BCUT2D eigenvalue weighted by Gasteiger charge is 2.08. The van der Waals surface area contributed by atoms with Gasteiger partial charge in [-0.25, -0.2) is 0 Å². The third-order valence-electron chi connectivity index (χ3n) is 2.85. The smallest absolute Gasteiger partial charge is 0.247 e. The predicted molar refractivity (Wildman–Crippen MR) is 71.8 cm³/mol. The molecule has 94 valence electrons. The van der Waals surface area contributed by atoms with Gasteiger partial charge in [-0.1, -0.05) is 0 Å². The number of benzene rings is 1. The lowest BCUT2D eigenvalue weighted by atomic mass is 10.1. The van der Waals surface area contributed by atoms with Crippen molar-refractivity contribution in [3.05, 3.63) is 46.9 Å². The number of rotatable bonds is 3. The van der Waals surface area contributed by atoms with Crippen LogP contribution < -0.4 is 10.9 Å². The van der Waals surface area contributed by atoms with E-state index in [2.05, 4.69) is 20.5 Å². The summed E-state index contributed by atoms with van der Waals surface area (Å²) >= 11 is 0. The first kappa shape index (κ1) is 11.2. The molecule has 2 heterocycles. The molecule has 6 heteroatoms. The van der Waals surface area contributed by atoms with E-state index in [1.807, 2.05) is 12.1 Å². The summed E-state index contributed by atoms with van der Waals surface area (Å²) in [6.07, 6.45) is 2.23. The van der Waals surface area contributed by atoms with Crippen molar-refractivity contribution in [2.45, 2.75) is 0 Å². The second-order valence-electron chi connectivity index (χ2n) is 4.04. The Kier molecular flexibility index (Phi) is 2.60. The summed E-state index contributed by atoms with van der Waals surface area (Å²) in [5.74, 6) is 0. The van der Waals surface area contributed by atoms with Gasteiger partial charge >= 0.3 is 0 Å². The monoisotopic (exact) mass is 254 g/mol. The average molecular weight is 254 g/mol. The van der Waals surface area contributed by atoms with Crippen molar-refractivity contribution < 1.29 is 4.79 Å². The van der Waals surface area contributed by atoms with Crippen molar-refractivity contribution in [2.24, 2.45) is 0 Å². The third kappa shape index (κ3) is 1.99. The van der Waals surface area contributed by atoms with E-state index in [0.717, 1.165) is 22.2 Å². The molecule has 0 fully saturated rings. The van der Waals surface area contributed by atoms with Crippen LogP contribution in [0.15, 0.2) is 41.3 Å². The first-order valence-electron chi connectivity index (χ1n) is 5.65. The number of anilines is 1. The first-order valence-corrected chi connectivity index (χ1v) is 5.65. The summed E-state index contributed by atoms with van der Waals surface area (Å²) in [5, 5.41) is 10.6. The van der Waals surface area contributed by atoms with Crippen LogP contribution in [0.1, 0.15) is 0 Å². The van der Waals surface area contributed by atoms with E-state index in [4.69, 9.17) is 0 Å². The minimum absolute atomic E-state index is 0.160. The van der Waals surface area contributed by atoms with Crippen LogP contribution in [0.2, 0.25) is 0 Å². The number of aromatic nitrogens is 3. The molecule has 19 heavy (non-hydrogen) atoms. The molecule has 3 N–H and O–H groups in total. The molecule has 0 radical (unpaired) electrons. The molecule has 0 saturated heterocycles. The fourth-order valence-corrected chi connectivity index (χ4v) is 1.95. The van der Waals surface area contributed by atoms with Gasteiger partial charge < -0.3 is 10.3 Å². The molecule has 0 aliphatic carbocycles. The number of H-pyrrole nitrogens is 2. The molecule has 0 atom stereocenters. The largest absolute Gasteiger partial charge is 0.329 e. The normalized spacial score (nSPS) is 10.5. The van der Waals surface area contributed by atoms with E-state index < -0.39 is 0 Å². The molecule has 2 aromatic heterocycles. The van der Waals surface area contributed by atoms with E-state index in [0.29, 0.717) is 12.1 Å². The number of amides is 1. The molecule has 1 aromatic carbocycles. The number of pyridine rings is 1. The Bertz CT molecular complexity index is 783. The van der Waals surface area contributed by atoms with Gasteiger partial charge in [0.2, 0.25) is 12.0 Å². The maximum atomic E-state index is 11.1. The average Bonchev–Trinajstić information content (AvgIpc) is 2.83. The van der Waals surface area contributed by atoms with Gasteiger partial charge in [0.15, 0.2) is 0 Å². The number of carbonyl (C=O) groups excluding carboxylic acids is 1. The molecule has 0 unspecified atom stereocenters. The molecule has 1 amide bonds. The number of hydrogen-bond acceptors (Lipinski definition) is 3. The highest BCUT2D eigenvalue weighted by molar-refractivity contribution is 5.95. The second kappa shape index (κ2) is 4.41. The SMILES string of the molecule is O=CNc1ccc2[nH]nc(-c3ccc(=O)[nH]c3)c2c1.